The third-order valence-electron chi connectivity index (χ3n) is 10.5. The molecular formula is C48H33N3O. The topological polar surface area (TPSA) is 50.8 Å². The number of aliphatic imine (C=N–C) groups is 2. The van der Waals surface area contributed by atoms with E-state index >= 15 is 0 Å². The third-order valence-corrected chi connectivity index (χ3v) is 10.5. The fourth-order valence-corrected chi connectivity index (χ4v) is 8.29. The molecule has 0 saturated carbocycles. The van der Waals surface area contributed by atoms with Crippen molar-refractivity contribution >= 4 is 39.2 Å². The molecule has 1 aliphatic heterocycles. The molecule has 246 valence electrons. The van der Waals surface area contributed by atoms with Gasteiger partial charge in [0.15, 0.2) is 5.84 Å². The SMILES string of the molecule is C1=C(c2ccccn2)/N=C(c2cccc3c2-c2cc4oc5ccccc5c4cc2C3(c2ccccc2)c2ccccc2)\N=C(\c2ccccc2)CC\1. The quantitative estimate of drug-likeness (QED) is 0.183. The number of allylic oxidation sites excluding steroid dienone is 1. The first kappa shape index (κ1) is 30.2. The molecule has 4 heteroatoms. The molecule has 4 nitrogen and oxygen atoms in total. The van der Waals surface area contributed by atoms with E-state index in [1.54, 1.807) is 0 Å². The molecule has 0 saturated heterocycles. The lowest BCUT2D eigenvalue weighted by molar-refractivity contribution is 0.668. The van der Waals surface area contributed by atoms with Crippen LogP contribution in [-0.2, 0) is 5.41 Å². The molecule has 0 radical (unpaired) electrons. The van der Waals surface area contributed by atoms with Crippen molar-refractivity contribution in [2.75, 3.05) is 0 Å². The largest absolute Gasteiger partial charge is 0.456 e. The van der Waals surface area contributed by atoms with Crippen molar-refractivity contribution in [3.8, 4) is 11.1 Å². The second kappa shape index (κ2) is 12.3. The Morgan fingerprint density at radius 1 is 0.538 bits per heavy atom. The highest BCUT2D eigenvalue weighted by atomic mass is 16.3. The number of hydrogen-bond donors (Lipinski definition) is 0. The maximum absolute atomic E-state index is 6.57. The molecule has 2 aliphatic rings. The van der Waals surface area contributed by atoms with Gasteiger partial charge in [-0.2, -0.15) is 0 Å². The van der Waals surface area contributed by atoms with Crippen molar-refractivity contribution in [2.24, 2.45) is 9.98 Å². The number of amidine groups is 1. The minimum Gasteiger partial charge on any atom is -0.456 e. The number of para-hydroxylation sites is 1. The second-order valence-electron chi connectivity index (χ2n) is 13.4. The van der Waals surface area contributed by atoms with Gasteiger partial charge in [-0.3, -0.25) is 4.98 Å². The van der Waals surface area contributed by atoms with Gasteiger partial charge in [0.25, 0.3) is 0 Å². The Morgan fingerprint density at radius 3 is 2.00 bits per heavy atom. The Bertz CT molecular complexity index is 2670. The molecular weight excluding hydrogens is 635 g/mol. The summed E-state index contributed by atoms with van der Waals surface area (Å²) in [6, 6.07) is 57.9. The van der Waals surface area contributed by atoms with Gasteiger partial charge in [0, 0.05) is 22.5 Å². The Balaban J connectivity index is 1.33. The average molecular weight is 668 g/mol. The summed E-state index contributed by atoms with van der Waals surface area (Å²) in [5.41, 5.74) is 12.9. The molecule has 2 aromatic heterocycles. The van der Waals surface area contributed by atoms with Gasteiger partial charge in [0.2, 0.25) is 0 Å². The van der Waals surface area contributed by atoms with Crippen molar-refractivity contribution < 1.29 is 4.42 Å². The zero-order valence-corrected chi connectivity index (χ0v) is 28.4. The van der Waals surface area contributed by atoms with E-state index in [1.165, 1.54) is 22.3 Å². The van der Waals surface area contributed by atoms with Crippen molar-refractivity contribution in [1.29, 1.82) is 0 Å². The van der Waals surface area contributed by atoms with E-state index in [-0.39, 0.29) is 0 Å². The van der Waals surface area contributed by atoms with Gasteiger partial charge in [-0.1, -0.05) is 140 Å². The normalized spacial score (nSPS) is 17.9. The Labute approximate surface area is 302 Å². The van der Waals surface area contributed by atoms with E-state index in [1.807, 2.05) is 36.5 Å². The summed E-state index contributed by atoms with van der Waals surface area (Å²) < 4.78 is 6.57. The number of fused-ring (bicyclic) bond motifs is 6. The van der Waals surface area contributed by atoms with Crippen LogP contribution in [0.3, 0.4) is 0 Å². The van der Waals surface area contributed by atoms with Gasteiger partial charge >= 0.3 is 0 Å². The van der Waals surface area contributed by atoms with Crippen molar-refractivity contribution in [3.05, 3.63) is 215 Å². The first-order valence-electron chi connectivity index (χ1n) is 17.8. The predicted octanol–water partition coefficient (Wildman–Crippen LogP) is 11.4. The lowest BCUT2D eigenvalue weighted by Gasteiger charge is -2.34. The maximum atomic E-state index is 6.57. The van der Waals surface area contributed by atoms with E-state index in [9.17, 15) is 0 Å². The number of rotatable bonds is 5. The van der Waals surface area contributed by atoms with Gasteiger partial charge < -0.3 is 4.42 Å². The molecule has 0 bridgehead atoms. The summed E-state index contributed by atoms with van der Waals surface area (Å²) in [4.78, 5) is 15.6. The Hall–Kier alpha value is -6.65. The Morgan fingerprint density at radius 2 is 1.25 bits per heavy atom. The number of benzene rings is 6. The maximum Gasteiger partial charge on any atom is 0.160 e. The molecule has 0 amide bonds. The summed E-state index contributed by atoms with van der Waals surface area (Å²) in [6.07, 6.45) is 5.61. The third kappa shape index (κ3) is 4.72. The van der Waals surface area contributed by atoms with Gasteiger partial charge in [-0.15, -0.1) is 0 Å². The molecule has 3 heterocycles. The van der Waals surface area contributed by atoms with Crippen LogP contribution in [0.2, 0.25) is 0 Å². The van der Waals surface area contributed by atoms with Crippen LogP contribution < -0.4 is 0 Å². The molecule has 0 fully saturated rings. The van der Waals surface area contributed by atoms with E-state index in [4.69, 9.17) is 19.4 Å². The molecule has 0 atom stereocenters. The van der Waals surface area contributed by atoms with E-state index in [0.717, 1.165) is 74.1 Å². The molecule has 52 heavy (non-hydrogen) atoms. The molecule has 0 N–H and O–H groups in total. The number of hydrogen-bond acceptors (Lipinski definition) is 4. The van der Waals surface area contributed by atoms with Gasteiger partial charge in [0.05, 0.1) is 22.5 Å². The van der Waals surface area contributed by atoms with Crippen LogP contribution in [0.5, 0.6) is 0 Å². The van der Waals surface area contributed by atoms with Crippen molar-refractivity contribution in [2.45, 2.75) is 18.3 Å². The fraction of sp³-hybridized carbons (Fsp3) is 0.0625. The zero-order chi connectivity index (χ0) is 34.5. The van der Waals surface area contributed by atoms with Gasteiger partial charge in [-0.25, -0.2) is 9.98 Å². The molecule has 6 aromatic carbocycles. The van der Waals surface area contributed by atoms with Crippen LogP contribution >= 0.6 is 0 Å². The van der Waals surface area contributed by atoms with Crippen LogP contribution in [0.25, 0.3) is 38.8 Å². The minimum atomic E-state index is -0.608. The zero-order valence-electron chi connectivity index (χ0n) is 28.4. The van der Waals surface area contributed by atoms with E-state index in [2.05, 4.69) is 140 Å². The number of pyridine rings is 1. The molecule has 8 aromatic rings. The van der Waals surface area contributed by atoms with Crippen LogP contribution in [0.1, 0.15) is 51.9 Å². The highest BCUT2D eigenvalue weighted by molar-refractivity contribution is 6.18. The first-order chi connectivity index (χ1) is 25.8. The minimum absolute atomic E-state index is 0.608. The lowest BCUT2D eigenvalue weighted by Crippen LogP contribution is -2.28. The van der Waals surface area contributed by atoms with E-state index < -0.39 is 5.41 Å². The number of nitrogens with zero attached hydrogens (tertiary/aromatic N) is 3. The first-order valence-corrected chi connectivity index (χ1v) is 17.8. The van der Waals surface area contributed by atoms with Crippen LogP contribution in [0.4, 0.5) is 0 Å². The highest BCUT2D eigenvalue weighted by Gasteiger charge is 2.47. The lowest BCUT2D eigenvalue weighted by atomic mass is 9.67. The number of furan rings is 1. The van der Waals surface area contributed by atoms with Crippen LogP contribution in [0.15, 0.2) is 190 Å². The van der Waals surface area contributed by atoms with Crippen molar-refractivity contribution in [1.82, 2.24) is 4.98 Å². The molecule has 1 aliphatic carbocycles. The van der Waals surface area contributed by atoms with Gasteiger partial charge in [0.1, 0.15) is 11.2 Å². The Kier molecular flexibility index (Phi) is 7.14. The summed E-state index contributed by atoms with van der Waals surface area (Å²) >= 11 is 0. The predicted molar refractivity (Wildman–Crippen MR) is 212 cm³/mol. The fourth-order valence-electron chi connectivity index (χ4n) is 8.29. The van der Waals surface area contributed by atoms with Crippen molar-refractivity contribution in [3.63, 3.8) is 0 Å². The summed E-state index contributed by atoms with van der Waals surface area (Å²) in [6.45, 7) is 0. The molecule has 10 rings (SSSR count). The van der Waals surface area contributed by atoms with Crippen LogP contribution in [-0.4, -0.2) is 16.5 Å². The molecule has 0 unspecified atom stereocenters. The highest BCUT2D eigenvalue weighted by Crippen LogP contribution is 2.58. The monoisotopic (exact) mass is 667 g/mol. The molecule has 0 spiro atoms. The summed E-state index contributed by atoms with van der Waals surface area (Å²) in [7, 11) is 0. The average Bonchev–Trinajstić information content (AvgIpc) is 3.71. The summed E-state index contributed by atoms with van der Waals surface area (Å²) in [5.74, 6) is 0.667. The summed E-state index contributed by atoms with van der Waals surface area (Å²) in [5, 5.41) is 2.21. The smallest absolute Gasteiger partial charge is 0.160 e. The second-order valence-corrected chi connectivity index (χ2v) is 13.4. The van der Waals surface area contributed by atoms with Gasteiger partial charge in [-0.05, 0) is 82.1 Å². The van der Waals surface area contributed by atoms with Crippen LogP contribution in [0, 0.1) is 0 Å². The standard InChI is InChI=1S/C48H33N3O/c1-4-16-32(17-5-1)41-26-15-27-43(42-25-12-13-29-49-42)51-47(50-41)36-23-14-24-39-46(36)38-31-45-37(35-22-10-11-28-44(35)52-45)30-40(38)48(39,33-18-6-2-7-19-33)34-20-8-3-9-21-34/h1-14,16-25,27-31H,15,26H2/b43-27-,50-41+,51-47-. The van der Waals surface area contributed by atoms with E-state index in [0.29, 0.717) is 5.84 Å². The number of aromatic nitrogens is 1.